The Hall–Kier alpha value is -3.19. The van der Waals surface area contributed by atoms with E-state index in [9.17, 15) is 19.2 Å². The molecule has 0 radical (unpaired) electrons. The number of hydrogen-bond donors (Lipinski definition) is 1. The number of nitrogens with one attached hydrogen (secondary N) is 1. The third-order valence-electron chi connectivity index (χ3n) is 4.99. The molecule has 0 spiro atoms. The van der Waals surface area contributed by atoms with Gasteiger partial charge in [0.25, 0.3) is 5.91 Å². The Morgan fingerprint density at radius 3 is 2.57 bits per heavy atom. The number of carbonyl (C=O) groups is 4. The third-order valence-corrected chi connectivity index (χ3v) is 5.32. The second-order valence-electron chi connectivity index (χ2n) is 7.16. The summed E-state index contributed by atoms with van der Waals surface area (Å²) in [4.78, 5) is 49.1. The van der Waals surface area contributed by atoms with Crippen molar-refractivity contribution < 1.29 is 23.9 Å². The zero-order valence-corrected chi connectivity index (χ0v) is 17.4. The number of Topliss-reactive ketones (excluding diaryl/α,β-unsaturated/α-hetero) is 1. The number of aryl methyl sites for hydroxylation is 2. The molecule has 1 N–H and O–H groups in total. The van der Waals surface area contributed by atoms with Crippen molar-refractivity contribution >= 4 is 35.2 Å². The van der Waals surface area contributed by atoms with E-state index in [-0.39, 0.29) is 29.3 Å². The van der Waals surface area contributed by atoms with Crippen molar-refractivity contribution in [2.24, 2.45) is 5.92 Å². The second-order valence-corrected chi connectivity index (χ2v) is 7.56. The summed E-state index contributed by atoms with van der Waals surface area (Å²) in [6.45, 7) is 3.40. The van der Waals surface area contributed by atoms with E-state index in [1.54, 1.807) is 30.3 Å². The standard InChI is InChI=1S/C22H21ClN2O5/c1-13-7-8-15(9-14(13)2)19(26)12-30-22(29)16-10-20(27)25(11-16)24-21(28)17-5-3-4-6-18(17)23/h3-9,16H,10-12H2,1-2H3,(H,24,28). The van der Waals surface area contributed by atoms with Crippen LogP contribution in [0.5, 0.6) is 0 Å². The molecule has 1 aliphatic rings. The average Bonchev–Trinajstić information content (AvgIpc) is 3.08. The molecule has 1 unspecified atom stereocenters. The van der Waals surface area contributed by atoms with Gasteiger partial charge in [-0.25, -0.2) is 0 Å². The summed E-state index contributed by atoms with van der Waals surface area (Å²) in [5.74, 6) is -2.71. The maximum atomic E-state index is 12.3. The van der Waals surface area contributed by atoms with Crippen LogP contribution in [0.15, 0.2) is 42.5 Å². The molecule has 2 amide bonds. The number of amides is 2. The van der Waals surface area contributed by atoms with Gasteiger partial charge < -0.3 is 4.74 Å². The van der Waals surface area contributed by atoms with Crippen molar-refractivity contribution in [3.8, 4) is 0 Å². The quantitative estimate of drug-likeness (QED) is 0.564. The summed E-state index contributed by atoms with van der Waals surface area (Å²) in [6.07, 6.45) is -0.112. The first-order valence-electron chi connectivity index (χ1n) is 9.39. The first kappa shape index (κ1) is 21.5. The Bertz CT molecular complexity index is 1020. The lowest BCUT2D eigenvalue weighted by Crippen LogP contribution is -2.43. The van der Waals surface area contributed by atoms with Crippen LogP contribution >= 0.6 is 11.6 Å². The highest BCUT2D eigenvalue weighted by Gasteiger charge is 2.37. The Morgan fingerprint density at radius 1 is 1.13 bits per heavy atom. The van der Waals surface area contributed by atoms with E-state index >= 15 is 0 Å². The van der Waals surface area contributed by atoms with Gasteiger partial charge in [0.15, 0.2) is 12.4 Å². The van der Waals surface area contributed by atoms with Gasteiger partial charge in [-0.15, -0.1) is 0 Å². The number of ketones is 1. The van der Waals surface area contributed by atoms with Crippen molar-refractivity contribution in [2.45, 2.75) is 20.3 Å². The van der Waals surface area contributed by atoms with E-state index in [2.05, 4.69) is 5.43 Å². The number of esters is 1. The number of benzene rings is 2. The van der Waals surface area contributed by atoms with Gasteiger partial charge in [0.05, 0.1) is 23.0 Å². The van der Waals surface area contributed by atoms with Crippen LogP contribution in [0.1, 0.15) is 38.3 Å². The van der Waals surface area contributed by atoms with Gasteiger partial charge in [-0.05, 0) is 43.2 Å². The molecule has 0 aliphatic carbocycles. The zero-order chi connectivity index (χ0) is 21.8. The Morgan fingerprint density at radius 2 is 1.87 bits per heavy atom. The fourth-order valence-electron chi connectivity index (χ4n) is 3.05. The fourth-order valence-corrected chi connectivity index (χ4v) is 3.28. The monoisotopic (exact) mass is 428 g/mol. The molecule has 2 aromatic carbocycles. The Balaban J connectivity index is 1.54. The molecule has 1 atom stereocenters. The fraction of sp³-hybridized carbons (Fsp3) is 0.273. The van der Waals surface area contributed by atoms with Gasteiger partial charge in [-0.2, -0.15) is 0 Å². The summed E-state index contributed by atoms with van der Waals surface area (Å²) in [5.41, 5.74) is 5.17. The first-order chi connectivity index (χ1) is 14.3. The molecular formula is C22H21ClN2O5. The molecule has 0 aromatic heterocycles. The molecule has 1 saturated heterocycles. The van der Waals surface area contributed by atoms with Gasteiger partial charge in [-0.1, -0.05) is 35.9 Å². The largest absolute Gasteiger partial charge is 0.457 e. The zero-order valence-electron chi connectivity index (χ0n) is 16.6. The van der Waals surface area contributed by atoms with Crippen molar-refractivity contribution in [1.82, 2.24) is 10.4 Å². The lowest BCUT2D eigenvalue weighted by atomic mass is 10.0. The molecule has 1 fully saturated rings. The second kappa shape index (κ2) is 9.09. The van der Waals surface area contributed by atoms with Crippen LogP contribution in [0, 0.1) is 19.8 Å². The summed E-state index contributed by atoms with van der Waals surface area (Å²) in [7, 11) is 0. The highest BCUT2D eigenvalue weighted by atomic mass is 35.5. The smallest absolute Gasteiger partial charge is 0.311 e. The summed E-state index contributed by atoms with van der Waals surface area (Å²) < 4.78 is 5.12. The highest BCUT2D eigenvalue weighted by Crippen LogP contribution is 2.20. The predicted octanol–water partition coefficient (Wildman–Crippen LogP) is 2.88. The molecule has 0 saturated carbocycles. The SMILES string of the molecule is Cc1ccc(C(=O)COC(=O)C2CC(=O)N(NC(=O)c3ccccc3Cl)C2)cc1C. The maximum Gasteiger partial charge on any atom is 0.311 e. The van der Waals surface area contributed by atoms with Crippen molar-refractivity contribution in [2.75, 3.05) is 13.2 Å². The highest BCUT2D eigenvalue weighted by molar-refractivity contribution is 6.33. The van der Waals surface area contributed by atoms with Crippen LogP contribution in [-0.4, -0.2) is 41.7 Å². The molecule has 2 aromatic rings. The molecule has 8 heteroatoms. The minimum Gasteiger partial charge on any atom is -0.457 e. The number of nitrogens with zero attached hydrogens (tertiary/aromatic N) is 1. The average molecular weight is 429 g/mol. The van der Waals surface area contributed by atoms with Gasteiger partial charge in [0.2, 0.25) is 5.91 Å². The van der Waals surface area contributed by atoms with Crippen molar-refractivity contribution in [3.63, 3.8) is 0 Å². The van der Waals surface area contributed by atoms with E-state index in [0.717, 1.165) is 16.1 Å². The summed E-state index contributed by atoms with van der Waals surface area (Å²) in [6, 6.07) is 11.7. The van der Waals surface area contributed by atoms with Gasteiger partial charge in [0.1, 0.15) is 0 Å². The van der Waals surface area contributed by atoms with E-state index in [1.165, 1.54) is 6.07 Å². The Labute approximate surface area is 178 Å². The van der Waals surface area contributed by atoms with E-state index in [1.807, 2.05) is 19.9 Å². The first-order valence-corrected chi connectivity index (χ1v) is 9.77. The van der Waals surface area contributed by atoms with Gasteiger partial charge >= 0.3 is 5.97 Å². The molecule has 1 heterocycles. The minimum atomic E-state index is -0.767. The molecule has 1 aliphatic heterocycles. The number of carbonyl (C=O) groups excluding carboxylic acids is 4. The molecule has 3 rings (SSSR count). The molecule has 7 nitrogen and oxygen atoms in total. The van der Waals surface area contributed by atoms with Gasteiger partial charge in [0, 0.05) is 12.0 Å². The number of hydrazine groups is 1. The van der Waals surface area contributed by atoms with Crippen LogP contribution in [0.3, 0.4) is 0 Å². The van der Waals surface area contributed by atoms with Crippen LogP contribution in [0.2, 0.25) is 5.02 Å². The molecular weight excluding hydrogens is 408 g/mol. The van der Waals surface area contributed by atoms with Crippen LogP contribution in [0.25, 0.3) is 0 Å². The van der Waals surface area contributed by atoms with Crippen molar-refractivity contribution in [1.29, 1.82) is 0 Å². The van der Waals surface area contributed by atoms with E-state index in [4.69, 9.17) is 16.3 Å². The van der Waals surface area contributed by atoms with E-state index < -0.39 is 30.3 Å². The molecule has 30 heavy (non-hydrogen) atoms. The topological polar surface area (TPSA) is 92.8 Å². The normalized spacial score (nSPS) is 15.8. The lowest BCUT2D eigenvalue weighted by Gasteiger charge is -2.18. The summed E-state index contributed by atoms with van der Waals surface area (Å²) >= 11 is 5.99. The van der Waals surface area contributed by atoms with Crippen LogP contribution in [0.4, 0.5) is 0 Å². The minimum absolute atomic E-state index is 0.0360. The lowest BCUT2D eigenvalue weighted by molar-refractivity contribution is -0.147. The maximum absolute atomic E-state index is 12.3. The summed E-state index contributed by atoms with van der Waals surface area (Å²) in [5, 5.41) is 1.32. The van der Waals surface area contributed by atoms with Crippen LogP contribution in [-0.2, 0) is 14.3 Å². The van der Waals surface area contributed by atoms with Crippen molar-refractivity contribution in [3.05, 3.63) is 69.7 Å². The number of hydrogen-bond acceptors (Lipinski definition) is 5. The Kier molecular flexibility index (Phi) is 6.52. The van der Waals surface area contributed by atoms with Gasteiger partial charge in [-0.3, -0.25) is 29.6 Å². The van der Waals surface area contributed by atoms with Crippen LogP contribution < -0.4 is 5.43 Å². The number of halogens is 1. The number of rotatable bonds is 6. The molecule has 156 valence electrons. The molecule has 0 bridgehead atoms. The third kappa shape index (κ3) is 4.86. The predicted molar refractivity (Wildman–Crippen MR) is 110 cm³/mol. The van der Waals surface area contributed by atoms with E-state index in [0.29, 0.717) is 5.56 Å². The number of ether oxygens (including phenoxy) is 1.